The first kappa shape index (κ1) is 19.0. The maximum Gasteiger partial charge on any atom is 0.406 e. The highest BCUT2D eigenvalue weighted by atomic mass is 32.2. The Hall–Kier alpha value is -2.29. The first-order valence-electron chi connectivity index (χ1n) is 9.00. The van der Waals surface area contributed by atoms with Crippen LogP contribution in [0.5, 0.6) is 0 Å². The highest BCUT2D eigenvalue weighted by Crippen LogP contribution is 2.42. The highest BCUT2D eigenvalue weighted by Gasteiger charge is 2.43. The Morgan fingerprint density at radius 2 is 1.86 bits per heavy atom. The van der Waals surface area contributed by atoms with Gasteiger partial charge < -0.3 is 4.90 Å². The lowest BCUT2D eigenvalue weighted by Gasteiger charge is -2.32. The number of benzene rings is 2. The highest BCUT2D eigenvalue weighted by molar-refractivity contribution is 7.93. The second kappa shape index (κ2) is 6.37. The number of rotatable bonds is 5. The van der Waals surface area contributed by atoms with Crippen LogP contribution in [-0.4, -0.2) is 44.5 Å². The lowest BCUT2D eigenvalue weighted by Crippen LogP contribution is -2.49. The van der Waals surface area contributed by atoms with Crippen molar-refractivity contribution < 1.29 is 26.4 Å². The molecule has 9 heteroatoms. The monoisotopic (exact) mass is 412 g/mol. The lowest BCUT2D eigenvalue weighted by atomic mass is 10.1. The van der Waals surface area contributed by atoms with E-state index in [1.807, 2.05) is 0 Å². The number of carbonyl (C=O) groups is 1. The van der Waals surface area contributed by atoms with Gasteiger partial charge in [-0.3, -0.25) is 9.10 Å². The third-order valence-corrected chi connectivity index (χ3v) is 7.23. The van der Waals surface area contributed by atoms with Gasteiger partial charge in [0.25, 0.3) is 10.0 Å². The summed E-state index contributed by atoms with van der Waals surface area (Å²) < 4.78 is 66.0. The molecular weight excluding hydrogens is 393 g/mol. The molecule has 0 bridgehead atoms. The van der Waals surface area contributed by atoms with E-state index in [0.717, 1.165) is 22.0 Å². The smallest absolute Gasteiger partial charge is 0.329 e. The number of nitrogens with zero attached hydrogens (tertiary/aromatic N) is 2. The number of hydrogen-bond donors (Lipinski definition) is 0. The van der Waals surface area contributed by atoms with Crippen molar-refractivity contribution in [1.82, 2.24) is 4.90 Å². The van der Waals surface area contributed by atoms with E-state index in [1.165, 1.54) is 6.07 Å². The van der Waals surface area contributed by atoms with Gasteiger partial charge in [-0.05, 0) is 43.2 Å². The van der Waals surface area contributed by atoms with Crippen LogP contribution >= 0.6 is 0 Å². The summed E-state index contributed by atoms with van der Waals surface area (Å²) in [7, 11) is -4.00. The van der Waals surface area contributed by atoms with Gasteiger partial charge in [0.1, 0.15) is 13.1 Å². The molecule has 2 aliphatic rings. The Kier molecular flexibility index (Phi) is 4.33. The Labute approximate surface area is 160 Å². The molecule has 1 aliphatic carbocycles. The maximum absolute atomic E-state index is 13.0. The maximum atomic E-state index is 13.0. The van der Waals surface area contributed by atoms with E-state index >= 15 is 0 Å². The van der Waals surface area contributed by atoms with Crippen LogP contribution in [0, 0.1) is 5.92 Å². The van der Waals surface area contributed by atoms with Gasteiger partial charge in [0.2, 0.25) is 5.91 Å². The van der Waals surface area contributed by atoms with Gasteiger partial charge in [-0.25, -0.2) is 8.42 Å². The van der Waals surface area contributed by atoms with Crippen molar-refractivity contribution in [3.63, 3.8) is 0 Å². The molecule has 5 nitrogen and oxygen atoms in total. The van der Waals surface area contributed by atoms with Gasteiger partial charge in [0, 0.05) is 11.4 Å². The molecule has 0 spiro atoms. The summed E-state index contributed by atoms with van der Waals surface area (Å²) in [5.74, 6) is -0.813. The largest absolute Gasteiger partial charge is 0.406 e. The van der Waals surface area contributed by atoms with E-state index in [-0.39, 0.29) is 10.8 Å². The van der Waals surface area contributed by atoms with Gasteiger partial charge in [-0.1, -0.05) is 24.3 Å². The predicted octanol–water partition coefficient (Wildman–Crippen LogP) is 3.54. The summed E-state index contributed by atoms with van der Waals surface area (Å²) in [5.41, 5.74) is 0.326. The van der Waals surface area contributed by atoms with Crippen molar-refractivity contribution in [2.24, 2.45) is 5.92 Å². The van der Waals surface area contributed by atoms with Crippen molar-refractivity contribution in [2.75, 3.05) is 17.4 Å². The molecule has 1 aliphatic heterocycles. The van der Waals surface area contributed by atoms with E-state index in [4.69, 9.17) is 0 Å². The van der Waals surface area contributed by atoms with Crippen LogP contribution in [0.2, 0.25) is 0 Å². The zero-order valence-electron chi connectivity index (χ0n) is 15.1. The van der Waals surface area contributed by atoms with Crippen LogP contribution in [0.4, 0.5) is 18.9 Å². The number of amides is 1. The van der Waals surface area contributed by atoms with Crippen LogP contribution in [-0.2, 0) is 14.8 Å². The van der Waals surface area contributed by atoms with Gasteiger partial charge in [0.15, 0.2) is 0 Å². The number of hydrogen-bond acceptors (Lipinski definition) is 3. The minimum atomic E-state index is -4.55. The van der Waals surface area contributed by atoms with E-state index in [2.05, 4.69) is 0 Å². The predicted molar refractivity (Wildman–Crippen MR) is 98.4 cm³/mol. The molecule has 1 fully saturated rings. The van der Waals surface area contributed by atoms with Crippen LogP contribution < -0.4 is 4.31 Å². The van der Waals surface area contributed by atoms with Crippen LogP contribution in [0.3, 0.4) is 0 Å². The summed E-state index contributed by atoms with van der Waals surface area (Å²) in [6, 6.07) is 9.23. The number of halogens is 3. The molecular formula is C19H19F3N2O3S. The van der Waals surface area contributed by atoms with Crippen molar-refractivity contribution in [1.29, 1.82) is 0 Å². The topological polar surface area (TPSA) is 57.7 Å². The Morgan fingerprint density at radius 3 is 2.46 bits per heavy atom. The first-order chi connectivity index (χ1) is 13.1. The quantitative estimate of drug-likeness (QED) is 0.755. The third-order valence-electron chi connectivity index (χ3n) is 5.43. The molecule has 28 heavy (non-hydrogen) atoms. The summed E-state index contributed by atoms with van der Waals surface area (Å²) in [5, 5.41) is 1.20. The number of sulfonamides is 1. The fraction of sp³-hybridized carbons (Fsp3) is 0.421. The van der Waals surface area contributed by atoms with Gasteiger partial charge in [-0.15, -0.1) is 0 Å². The number of carbonyl (C=O) groups excluding carboxylic acids is 1. The van der Waals surface area contributed by atoms with E-state index in [1.54, 1.807) is 37.3 Å². The molecule has 4 rings (SSSR count). The van der Waals surface area contributed by atoms with Crippen molar-refractivity contribution in [3.05, 3.63) is 36.4 Å². The summed E-state index contributed by atoms with van der Waals surface area (Å²) in [6.45, 7) is -0.437. The fourth-order valence-electron chi connectivity index (χ4n) is 3.83. The number of anilines is 1. The second-order valence-electron chi connectivity index (χ2n) is 7.36. The van der Waals surface area contributed by atoms with Gasteiger partial charge in [-0.2, -0.15) is 13.2 Å². The Balaban J connectivity index is 1.68. The van der Waals surface area contributed by atoms with Crippen LogP contribution in [0.1, 0.15) is 19.8 Å². The Bertz CT molecular complexity index is 1040. The minimum absolute atomic E-state index is 0.0297. The molecule has 1 unspecified atom stereocenters. The van der Waals surface area contributed by atoms with Gasteiger partial charge in [0.05, 0.1) is 10.6 Å². The standard InChI is InChI=1S/C19H19F3N2O3S/c1-12(13-8-9-13)23(11-19(20,21)22)17(25)10-24-15-6-2-4-14-5-3-7-16(18(14)15)28(24,26)27/h2-7,12-13H,8-11H2,1H3. The molecule has 0 radical (unpaired) electrons. The molecule has 1 amide bonds. The first-order valence-corrected chi connectivity index (χ1v) is 10.4. The molecule has 1 saturated carbocycles. The zero-order chi connectivity index (χ0) is 20.3. The zero-order valence-corrected chi connectivity index (χ0v) is 15.9. The average Bonchev–Trinajstić information content (AvgIpc) is 3.44. The summed E-state index contributed by atoms with van der Waals surface area (Å²) in [4.78, 5) is 13.7. The van der Waals surface area contributed by atoms with E-state index in [9.17, 15) is 26.4 Å². The lowest BCUT2D eigenvalue weighted by molar-refractivity contribution is -0.165. The van der Waals surface area contributed by atoms with Crippen LogP contribution in [0.15, 0.2) is 41.3 Å². The molecule has 0 aromatic heterocycles. The number of alkyl halides is 3. The van der Waals surface area contributed by atoms with Crippen molar-refractivity contribution in [3.8, 4) is 0 Å². The molecule has 2 aromatic rings. The minimum Gasteiger partial charge on any atom is -0.329 e. The normalized spacial score (nSPS) is 19.1. The fourth-order valence-corrected chi connectivity index (χ4v) is 5.49. The Morgan fingerprint density at radius 1 is 1.21 bits per heavy atom. The van der Waals surface area contributed by atoms with Gasteiger partial charge >= 0.3 is 6.18 Å². The van der Waals surface area contributed by atoms with E-state index in [0.29, 0.717) is 16.5 Å². The van der Waals surface area contributed by atoms with Crippen LogP contribution in [0.25, 0.3) is 10.8 Å². The molecule has 0 saturated heterocycles. The molecule has 1 atom stereocenters. The van der Waals surface area contributed by atoms with Crippen molar-refractivity contribution in [2.45, 2.75) is 36.9 Å². The summed E-state index contributed by atoms with van der Waals surface area (Å²) in [6.07, 6.45) is -3.00. The SMILES string of the molecule is CC(C1CC1)N(CC(F)(F)F)C(=O)CN1c2cccc3cccc(c23)S1(=O)=O. The summed E-state index contributed by atoms with van der Waals surface area (Å²) >= 11 is 0. The van der Waals surface area contributed by atoms with Crippen molar-refractivity contribution >= 4 is 32.4 Å². The molecule has 2 aromatic carbocycles. The molecule has 0 N–H and O–H groups in total. The second-order valence-corrected chi connectivity index (χ2v) is 9.19. The molecule has 1 heterocycles. The third kappa shape index (κ3) is 3.21. The average molecular weight is 412 g/mol. The molecule has 150 valence electrons. The van der Waals surface area contributed by atoms with E-state index < -0.39 is 41.2 Å².